The average Bonchev–Trinajstić information content (AvgIpc) is 2.71. The van der Waals surface area contributed by atoms with E-state index in [-0.39, 0.29) is 0 Å². The lowest BCUT2D eigenvalue weighted by Gasteiger charge is -1.97. The van der Waals surface area contributed by atoms with Crippen molar-refractivity contribution in [3.63, 3.8) is 0 Å². The molecule has 0 bridgehead atoms. The maximum absolute atomic E-state index is 5.90. The van der Waals surface area contributed by atoms with Crippen LogP contribution in [-0.4, -0.2) is 17.2 Å². The molecule has 4 nitrogen and oxygen atoms in total. The summed E-state index contributed by atoms with van der Waals surface area (Å²) in [6.45, 7) is 0.557. The van der Waals surface area contributed by atoms with Crippen molar-refractivity contribution in [3.8, 4) is 11.4 Å². The van der Waals surface area contributed by atoms with Crippen molar-refractivity contribution in [1.82, 2.24) is 15.5 Å². The predicted octanol–water partition coefficient (Wildman–Crippen LogP) is 2.87. The van der Waals surface area contributed by atoms with Crippen molar-refractivity contribution >= 4 is 27.5 Å². The van der Waals surface area contributed by atoms with E-state index in [1.807, 2.05) is 19.2 Å². The first-order valence-electron chi connectivity index (χ1n) is 4.63. The second-order valence-corrected chi connectivity index (χ2v) is 4.43. The van der Waals surface area contributed by atoms with E-state index < -0.39 is 0 Å². The molecule has 0 spiro atoms. The largest absolute Gasteiger partial charge is 0.338 e. The molecule has 2 aromatic rings. The van der Waals surface area contributed by atoms with Gasteiger partial charge in [0.25, 0.3) is 0 Å². The van der Waals surface area contributed by atoms with E-state index >= 15 is 0 Å². The minimum absolute atomic E-state index is 0.557. The van der Waals surface area contributed by atoms with Crippen molar-refractivity contribution in [2.75, 3.05) is 7.05 Å². The molecule has 84 valence electrons. The number of rotatable bonds is 3. The average molecular weight is 303 g/mol. The lowest BCUT2D eigenvalue weighted by Crippen LogP contribution is -2.04. The molecule has 1 aromatic carbocycles. The molecule has 0 saturated carbocycles. The molecule has 0 aliphatic carbocycles. The summed E-state index contributed by atoms with van der Waals surface area (Å²) in [4.78, 5) is 4.24. The molecule has 1 aromatic heterocycles. The molecule has 1 N–H and O–H groups in total. The summed E-state index contributed by atoms with van der Waals surface area (Å²) in [6.07, 6.45) is 0. The molecule has 0 saturated heterocycles. The number of hydrogen-bond acceptors (Lipinski definition) is 4. The van der Waals surface area contributed by atoms with E-state index in [1.54, 1.807) is 6.07 Å². The lowest BCUT2D eigenvalue weighted by atomic mass is 10.2. The molecule has 0 radical (unpaired) electrons. The van der Waals surface area contributed by atoms with Crippen LogP contribution in [0.15, 0.2) is 27.2 Å². The van der Waals surface area contributed by atoms with Gasteiger partial charge in [-0.15, -0.1) is 0 Å². The molecule has 0 fully saturated rings. The predicted molar refractivity (Wildman–Crippen MR) is 65.2 cm³/mol. The molecular weight excluding hydrogens is 293 g/mol. The quantitative estimate of drug-likeness (QED) is 0.947. The van der Waals surface area contributed by atoms with Gasteiger partial charge >= 0.3 is 0 Å². The fourth-order valence-electron chi connectivity index (χ4n) is 1.23. The molecule has 0 amide bonds. The Morgan fingerprint density at radius 1 is 1.50 bits per heavy atom. The maximum atomic E-state index is 5.90. The number of aromatic nitrogens is 2. The molecule has 16 heavy (non-hydrogen) atoms. The number of nitrogens with one attached hydrogen (secondary N) is 1. The van der Waals surface area contributed by atoms with Gasteiger partial charge < -0.3 is 9.84 Å². The summed E-state index contributed by atoms with van der Waals surface area (Å²) < 4.78 is 5.87. The Hall–Kier alpha value is -0.910. The van der Waals surface area contributed by atoms with Gasteiger partial charge in [0.15, 0.2) is 0 Å². The van der Waals surface area contributed by atoms with Crippen LogP contribution in [0.5, 0.6) is 0 Å². The Balaban J connectivity index is 2.31. The fraction of sp³-hybridized carbons (Fsp3) is 0.200. The minimum atomic E-state index is 0.557. The number of nitrogens with zero attached hydrogens (tertiary/aromatic N) is 2. The first-order valence-corrected chi connectivity index (χ1v) is 5.80. The van der Waals surface area contributed by atoms with Gasteiger partial charge in [0, 0.05) is 10.0 Å². The number of hydrogen-bond donors (Lipinski definition) is 1. The standard InChI is InChI=1S/C10H9BrClN3O/c1-13-5-9-14-10(15-16-9)6-2-3-8(12)7(11)4-6/h2-4,13H,5H2,1H3. The summed E-state index contributed by atoms with van der Waals surface area (Å²) in [5.74, 6) is 1.12. The van der Waals surface area contributed by atoms with Gasteiger partial charge in [0.05, 0.1) is 11.6 Å². The topological polar surface area (TPSA) is 51.0 Å². The zero-order valence-corrected chi connectivity index (χ0v) is 10.8. The summed E-state index contributed by atoms with van der Waals surface area (Å²) >= 11 is 9.25. The van der Waals surface area contributed by atoms with Crippen LogP contribution in [0.4, 0.5) is 0 Å². The van der Waals surface area contributed by atoms with Crippen molar-refractivity contribution in [2.24, 2.45) is 0 Å². The Morgan fingerprint density at radius 2 is 2.31 bits per heavy atom. The highest BCUT2D eigenvalue weighted by atomic mass is 79.9. The Bertz CT molecular complexity index is 501. The summed E-state index contributed by atoms with van der Waals surface area (Å²) in [6, 6.07) is 5.49. The summed E-state index contributed by atoms with van der Waals surface area (Å²) in [7, 11) is 1.82. The van der Waals surface area contributed by atoms with Crippen LogP contribution in [0.25, 0.3) is 11.4 Å². The third-order valence-corrected chi connectivity index (χ3v) is 3.19. The van der Waals surface area contributed by atoms with E-state index in [0.717, 1.165) is 10.0 Å². The Labute approximate surface area is 106 Å². The smallest absolute Gasteiger partial charge is 0.240 e. The molecule has 0 atom stereocenters. The van der Waals surface area contributed by atoms with Gasteiger partial charge in [-0.2, -0.15) is 4.98 Å². The second-order valence-electron chi connectivity index (χ2n) is 3.17. The van der Waals surface area contributed by atoms with Gasteiger partial charge in [-0.05, 0) is 41.2 Å². The SMILES string of the molecule is CNCc1nc(-c2ccc(Cl)c(Br)c2)no1. The van der Waals surface area contributed by atoms with Gasteiger partial charge in [0.2, 0.25) is 11.7 Å². The monoisotopic (exact) mass is 301 g/mol. The van der Waals surface area contributed by atoms with Crippen molar-refractivity contribution in [3.05, 3.63) is 33.6 Å². The van der Waals surface area contributed by atoms with E-state index in [1.165, 1.54) is 0 Å². The van der Waals surface area contributed by atoms with Gasteiger partial charge in [-0.1, -0.05) is 16.8 Å². The molecular formula is C10H9BrClN3O. The first kappa shape index (κ1) is 11.6. The van der Waals surface area contributed by atoms with E-state index in [9.17, 15) is 0 Å². The van der Waals surface area contributed by atoms with E-state index in [0.29, 0.717) is 23.3 Å². The highest BCUT2D eigenvalue weighted by Crippen LogP contribution is 2.27. The van der Waals surface area contributed by atoms with Crippen LogP contribution in [0.2, 0.25) is 5.02 Å². The number of benzene rings is 1. The van der Waals surface area contributed by atoms with Crippen LogP contribution >= 0.6 is 27.5 Å². The van der Waals surface area contributed by atoms with Gasteiger partial charge in [0.1, 0.15) is 0 Å². The summed E-state index contributed by atoms with van der Waals surface area (Å²) in [5, 5.41) is 7.48. The molecule has 0 aliphatic heterocycles. The van der Waals surface area contributed by atoms with Crippen LogP contribution in [0.1, 0.15) is 5.89 Å². The highest BCUT2D eigenvalue weighted by Gasteiger charge is 2.09. The van der Waals surface area contributed by atoms with Crippen LogP contribution in [-0.2, 0) is 6.54 Å². The zero-order valence-electron chi connectivity index (χ0n) is 8.50. The molecule has 6 heteroatoms. The molecule has 0 aliphatic rings. The van der Waals surface area contributed by atoms with Crippen LogP contribution in [0, 0.1) is 0 Å². The molecule has 2 rings (SSSR count). The first-order chi connectivity index (χ1) is 7.70. The van der Waals surface area contributed by atoms with E-state index in [2.05, 4.69) is 31.4 Å². The number of halogens is 2. The van der Waals surface area contributed by atoms with Crippen molar-refractivity contribution < 1.29 is 4.52 Å². The fourth-order valence-corrected chi connectivity index (χ4v) is 1.73. The van der Waals surface area contributed by atoms with Crippen LogP contribution in [0.3, 0.4) is 0 Å². The van der Waals surface area contributed by atoms with Gasteiger partial charge in [-0.3, -0.25) is 0 Å². The Kier molecular flexibility index (Phi) is 3.58. The second kappa shape index (κ2) is 4.95. The molecule has 0 unspecified atom stereocenters. The van der Waals surface area contributed by atoms with Gasteiger partial charge in [-0.25, -0.2) is 0 Å². The van der Waals surface area contributed by atoms with Crippen molar-refractivity contribution in [2.45, 2.75) is 6.54 Å². The lowest BCUT2D eigenvalue weighted by molar-refractivity contribution is 0.372. The normalized spacial score (nSPS) is 10.7. The van der Waals surface area contributed by atoms with Crippen molar-refractivity contribution in [1.29, 1.82) is 0 Å². The maximum Gasteiger partial charge on any atom is 0.240 e. The summed E-state index contributed by atoms with van der Waals surface area (Å²) in [5.41, 5.74) is 0.863. The highest BCUT2D eigenvalue weighted by molar-refractivity contribution is 9.10. The minimum Gasteiger partial charge on any atom is -0.338 e. The third-order valence-electron chi connectivity index (χ3n) is 1.97. The molecule has 1 heterocycles. The zero-order chi connectivity index (χ0) is 11.5. The van der Waals surface area contributed by atoms with Crippen LogP contribution < -0.4 is 5.32 Å². The van der Waals surface area contributed by atoms with E-state index in [4.69, 9.17) is 16.1 Å². The third kappa shape index (κ3) is 2.42. The Morgan fingerprint density at radius 3 is 3.00 bits per heavy atom.